The molecular formula is C19H19N3O3. The van der Waals surface area contributed by atoms with Gasteiger partial charge in [0.1, 0.15) is 11.8 Å². The van der Waals surface area contributed by atoms with Crippen LogP contribution in [0, 0.1) is 0 Å². The van der Waals surface area contributed by atoms with Crippen molar-refractivity contribution in [3.63, 3.8) is 0 Å². The van der Waals surface area contributed by atoms with Gasteiger partial charge in [-0.15, -0.1) is 0 Å². The van der Waals surface area contributed by atoms with Crippen LogP contribution in [0.1, 0.15) is 27.7 Å². The Bertz CT molecular complexity index is 804. The number of aliphatic hydroxyl groups is 1. The predicted molar refractivity (Wildman–Crippen MR) is 94.0 cm³/mol. The summed E-state index contributed by atoms with van der Waals surface area (Å²) in [5, 5.41) is 15.6. The first kappa shape index (κ1) is 16.7. The average molecular weight is 337 g/mol. The third-order valence-electron chi connectivity index (χ3n) is 3.75. The van der Waals surface area contributed by atoms with Crippen LogP contribution in [0.5, 0.6) is 0 Å². The number of rotatable bonds is 7. The van der Waals surface area contributed by atoms with Gasteiger partial charge >= 0.3 is 0 Å². The maximum Gasteiger partial charge on any atom is 0.254 e. The summed E-state index contributed by atoms with van der Waals surface area (Å²) < 4.78 is 5.26. The molecule has 3 N–H and O–H groups in total. The zero-order chi connectivity index (χ0) is 17.5. The lowest BCUT2D eigenvalue weighted by atomic mass is 10.1. The van der Waals surface area contributed by atoms with E-state index in [1.54, 1.807) is 36.7 Å². The second-order valence-electron chi connectivity index (χ2n) is 5.48. The molecule has 2 aromatic heterocycles. The summed E-state index contributed by atoms with van der Waals surface area (Å²) in [5.41, 5.74) is 2.22. The highest BCUT2D eigenvalue weighted by atomic mass is 16.3. The quantitative estimate of drug-likeness (QED) is 0.617. The Hall–Kier alpha value is -3.12. The van der Waals surface area contributed by atoms with Gasteiger partial charge in [-0.2, -0.15) is 0 Å². The van der Waals surface area contributed by atoms with E-state index in [9.17, 15) is 9.90 Å². The van der Waals surface area contributed by atoms with Gasteiger partial charge in [-0.05, 0) is 35.9 Å². The minimum Gasteiger partial charge on any atom is -0.467 e. The highest BCUT2D eigenvalue weighted by Crippen LogP contribution is 2.19. The highest BCUT2D eigenvalue weighted by Gasteiger charge is 2.19. The van der Waals surface area contributed by atoms with Crippen molar-refractivity contribution in [2.24, 2.45) is 0 Å². The Balaban J connectivity index is 1.72. The minimum absolute atomic E-state index is 0.246. The second kappa shape index (κ2) is 8.12. The molecular weight excluding hydrogens is 318 g/mol. The van der Waals surface area contributed by atoms with E-state index in [1.165, 1.54) is 6.26 Å². The molecule has 1 aromatic carbocycles. The first-order valence-corrected chi connectivity index (χ1v) is 7.95. The van der Waals surface area contributed by atoms with E-state index >= 15 is 0 Å². The number of carbonyl (C=O) groups is 1. The second-order valence-corrected chi connectivity index (χ2v) is 5.48. The lowest BCUT2D eigenvalue weighted by molar-refractivity contribution is 0.0908. The maximum atomic E-state index is 12.6. The van der Waals surface area contributed by atoms with Crippen molar-refractivity contribution in [2.45, 2.75) is 12.6 Å². The van der Waals surface area contributed by atoms with Crippen LogP contribution in [0.25, 0.3) is 0 Å². The minimum atomic E-state index is -0.589. The van der Waals surface area contributed by atoms with Crippen LogP contribution in [0.3, 0.4) is 0 Å². The van der Waals surface area contributed by atoms with Crippen molar-refractivity contribution >= 4 is 11.6 Å². The van der Waals surface area contributed by atoms with Gasteiger partial charge in [-0.3, -0.25) is 9.78 Å². The largest absolute Gasteiger partial charge is 0.467 e. The number of pyridine rings is 1. The molecule has 3 rings (SSSR count). The van der Waals surface area contributed by atoms with E-state index in [1.807, 2.05) is 24.3 Å². The van der Waals surface area contributed by atoms with Crippen LogP contribution >= 0.6 is 0 Å². The fraction of sp³-hybridized carbons (Fsp3) is 0.158. The zero-order valence-corrected chi connectivity index (χ0v) is 13.6. The molecule has 0 saturated carbocycles. The third-order valence-corrected chi connectivity index (χ3v) is 3.75. The highest BCUT2D eigenvalue weighted by molar-refractivity contribution is 5.99. The number of hydrogen-bond acceptors (Lipinski definition) is 5. The summed E-state index contributed by atoms with van der Waals surface area (Å²) >= 11 is 0. The van der Waals surface area contributed by atoms with Gasteiger partial charge in [-0.1, -0.05) is 18.2 Å². The summed E-state index contributed by atoms with van der Waals surface area (Å²) in [7, 11) is 0. The molecule has 6 nitrogen and oxygen atoms in total. The number of amides is 1. The van der Waals surface area contributed by atoms with Crippen LogP contribution in [-0.4, -0.2) is 22.6 Å². The molecule has 128 valence electrons. The number of hydrogen-bond donors (Lipinski definition) is 3. The molecule has 1 atom stereocenters. The van der Waals surface area contributed by atoms with Gasteiger partial charge < -0.3 is 20.2 Å². The van der Waals surface area contributed by atoms with Gasteiger partial charge in [0.05, 0.1) is 18.4 Å². The first-order chi connectivity index (χ1) is 12.3. The van der Waals surface area contributed by atoms with Gasteiger partial charge in [0, 0.05) is 24.6 Å². The summed E-state index contributed by atoms with van der Waals surface area (Å²) in [6, 6.07) is 13.9. The molecule has 25 heavy (non-hydrogen) atoms. The molecule has 0 radical (unpaired) electrons. The van der Waals surface area contributed by atoms with E-state index in [4.69, 9.17) is 4.42 Å². The van der Waals surface area contributed by atoms with Crippen molar-refractivity contribution in [3.05, 3.63) is 84.1 Å². The molecule has 0 bridgehead atoms. The standard InChI is InChI=1S/C19H19N3O3/c23-13-17(18-8-4-10-25-18)22-19(24)15-6-1-2-7-16(15)21-12-14-5-3-9-20-11-14/h1-11,17,21,23H,12-13H2,(H,22,24). The molecule has 0 aliphatic carbocycles. The third kappa shape index (κ3) is 4.24. The lowest BCUT2D eigenvalue weighted by Gasteiger charge is -2.16. The van der Waals surface area contributed by atoms with Crippen LogP contribution in [0.15, 0.2) is 71.6 Å². The van der Waals surface area contributed by atoms with E-state index in [-0.39, 0.29) is 12.5 Å². The lowest BCUT2D eigenvalue weighted by Crippen LogP contribution is -2.31. The predicted octanol–water partition coefficient (Wildman–Crippen LogP) is 2.75. The smallest absolute Gasteiger partial charge is 0.254 e. The van der Waals surface area contributed by atoms with Gasteiger partial charge in [-0.25, -0.2) is 0 Å². The molecule has 0 aliphatic heterocycles. The number of nitrogens with one attached hydrogen (secondary N) is 2. The van der Waals surface area contributed by atoms with Crippen molar-refractivity contribution in [1.82, 2.24) is 10.3 Å². The van der Waals surface area contributed by atoms with Crippen molar-refractivity contribution < 1.29 is 14.3 Å². The first-order valence-electron chi connectivity index (χ1n) is 7.95. The van der Waals surface area contributed by atoms with Gasteiger partial charge in [0.15, 0.2) is 0 Å². The van der Waals surface area contributed by atoms with Crippen molar-refractivity contribution in [1.29, 1.82) is 0 Å². The number of para-hydroxylation sites is 1. The summed E-state index contributed by atoms with van der Waals surface area (Å²) in [4.78, 5) is 16.7. The number of aromatic nitrogens is 1. The van der Waals surface area contributed by atoms with E-state index in [2.05, 4.69) is 15.6 Å². The number of aliphatic hydroxyl groups excluding tert-OH is 1. The van der Waals surface area contributed by atoms with Crippen LogP contribution in [0.4, 0.5) is 5.69 Å². The number of anilines is 1. The van der Waals surface area contributed by atoms with Crippen LogP contribution in [0.2, 0.25) is 0 Å². The molecule has 3 aromatic rings. The number of carbonyl (C=O) groups excluding carboxylic acids is 1. The van der Waals surface area contributed by atoms with E-state index < -0.39 is 6.04 Å². The van der Waals surface area contributed by atoms with Crippen molar-refractivity contribution in [2.75, 3.05) is 11.9 Å². The molecule has 0 aliphatic rings. The molecule has 0 spiro atoms. The summed E-state index contributed by atoms with van der Waals surface area (Å²) in [5.74, 6) is 0.224. The molecule has 6 heteroatoms. The maximum absolute atomic E-state index is 12.6. The Morgan fingerprint density at radius 3 is 2.76 bits per heavy atom. The van der Waals surface area contributed by atoms with Crippen LogP contribution < -0.4 is 10.6 Å². The number of benzene rings is 1. The summed E-state index contributed by atoms with van der Waals surface area (Å²) in [6.07, 6.45) is 5.00. The van der Waals surface area contributed by atoms with E-state index in [0.717, 1.165) is 5.56 Å². The Morgan fingerprint density at radius 2 is 2.04 bits per heavy atom. The molecule has 0 saturated heterocycles. The molecule has 1 amide bonds. The Labute approximate surface area is 145 Å². The number of furan rings is 1. The molecule has 2 heterocycles. The van der Waals surface area contributed by atoms with Crippen LogP contribution in [-0.2, 0) is 6.54 Å². The SMILES string of the molecule is O=C(NC(CO)c1ccco1)c1ccccc1NCc1cccnc1. The Kier molecular flexibility index (Phi) is 5.43. The molecule has 0 fully saturated rings. The fourth-order valence-electron chi connectivity index (χ4n) is 2.47. The number of nitrogens with zero attached hydrogens (tertiary/aromatic N) is 1. The fourth-order valence-corrected chi connectivity index (χ4v) is 2.47. The zero-order valence-electron chi connectivity index (χ0n) is 13.6. The van der Waals surface area contributed by atoms with Crippen molar-refractivity contribution in [3.8, 4) is 0 Å². The van der Waals surface area contributed by atoms with E-state index in [0.29, 0.717) is 23.6 Å². The average Bonchev–Trinajstić information content (AvgIpc) is 3.20. The Morgan fingerprint density at radius 1 is 1.16 bits per heavy atom. The summed E-state index contributed by atoms with van der Waals surface area (Å²) in [6.45, 7) is 0.310. The normalized spacial score (nSPS) is 11.7. The molecule has 1 unspecified atom stereocenters. The topological polar surface area (TPSA) is 87.4 Å². The monoisotopic (exact) mass is 337 g/mol. The van der Waals surface area contributed by atoms with Gasteiger partial charge in [0.2, 0.25) is 0 Å². The van der Waals surface area contributed by atoms with Gasteiger partial charge in [0.25, 0.3) is 5.91 Å².